The minimum atomic E-state index is -2.62. The molecule has 140 valence electrons. The largest absolute Gasteiger partial charge is 0.365 e. The number of ketones is 2. The van der Waals surface area contributed by atoms with Gasteiger partial charge in [-0.1, -0.05) is 0 Å². The number of carbonyl (C=O) groups excluding carboxylic acids is 2. The molecule has 0 aromatic carbocycles. The lowest BCUT2D eigenvalue weighted by Crippen LogP contribution is -2.29. The molecule has 12 heteroatoms. The Morgan fingerprint density at radius 2 is 1.46 bits per heavy atom. The molecule has 5 rings (SSSR count). The summed E-state index contributed by atoms with van der Waals surface area (Å²) in [7, 11) is -2.62. The van der Waals surface area contributed by atoms with Crippen LogP contribution in [0.4, 0.5) is 0 Å². The number of H-pyrrole nitrogens is 1. The van der Waals surface area contributed by atoms with Crippen molar-refractivity contribution in [1.29, 1.82) is 0 Å². The summed E-state index contributed by atoms with van der Waals surface area (Å²) in [5, 5.41) is 5.99. The smallest absolute Gasteiger partial charge is 0.324 e. The standard InChI is InChI=1S/C12H13N3O2.C2H3N3.H3O3P/c16-9-7-8(13-1-2-13)12(17)11(15-5-6-15)10(9)14-3-4-14;1-3-2-5-4-1;1-4(2)3/h7H,1-6H2;1-2H,(H,3,4,5);1-3H. The van der Waals surface area contributed by atoms with E-state index in [9.17, 15) is 9.59 Å². The van der Waals surface area contributed by atoms with E-state index in [1.165, 1.54) is 18.7 Å². The molecular weight excluding hydrogens is 363 g/mol. The second-order valence-electron chi connectivity index (χ2n) is 5.80. The minimum Gasteiger partial charge on any atom is -0.365 e. The fourth-order valence-electron chi connectivity index (χ4n) is 2.44. The lowest BCUT2D eigenvalue weighted by Gasteiger charge is -2.21. The van der Waals surface area contributed by atoms with E-state index in [2.05, 4.69) is 15.2 Å². The molecule has 11 nitrogen and oxygen atoms in total. The molecule has 4 heterocycles. The molecule has 0 unspecified atom stereocenters. The molecule has 0 spiro atoms. The molecule has 4 aliphatic rings. The quantitative estimate of drug-likeness (QED) is 0.268. The second kappa shape index (κ2) is 7.92. The van der Waals surface area contributed by atoms with Crippen molar-refractivity contribution in [2.24, 2.45) is 0 Å². The number of aromatic nitrogens is 3. The highest BCUT2D eigenvalue weighted by Gasteiger charge is 2.43. The third-order valence-corrected chi connectivity index (χ3v) is 3.82. The summed E-state index contributed by atoms with van der Waals surface area (Å²) >= 11 is 0. The van der Waals surface area contributed by atoms with Crippen LogP contribution in [0.1, 0.15) is 0 Å². The summed E-state index contributed by atoms with van der Waals surface area (Å²) in [5.74, 6) is 0.0485. The van der Waals surface area contributed by atoms with Gasteiger partial charge in [0.2, 0.25) is 11.6 Å². The normalized spacial score (nSPS) is 20.3. The number of nitrogens with one attached hydrogen (secondary N) is 1. The van der Waals surface area contributed by atoms with Crippen molar-refractivity contribution in [3.63, 3.8) is 0 Å². The Bertz CT molecular complexity index is 702. The first-order chi connectivity index (χ1) is 12.5. The molecule has 0 radical (unpaired) electrons. The molecule has 1 aromatic rings. The molecule has 1 aromatic heterocycles. The highest BCUT2D eigenvalue weighted by molar-refractivity contribution is 7.38. The van der Waals surface area contributed by atoms with E-state index in [0.29, 0.717) is 17.1 Å². The number of rotatable bonds is 3. The van der Waals surface area contributed by atoms with Crippen molar-refractivity contribution in [3.05, 3.63) is 35.8 Å². The molecule has 26 heavy (non-hydrogen) atoms. The van der Waals surface area contributed by atoms with E-state index in [4.69, 9.17) is 14.7 Å². The molecule has 0 saturated carbocycles. The van der Waals surface area contributed by atoms with Gasteiger partial charge >= 0.3 is 8.60 Å². The van der Waals surface area contributed by atoms with Gasteiger partial charge < -0.3 is 29.4 Å². The summed E-state index contributed by atoms with van der Waals surface area (Å²) < 4.78 is 0. The minimum absolute atomic E-state index is 0.00546. The highest BCUT2D eigenvalue weighted by atomic mass is 31.2. The van der Waals surface area contributed by atoms with Gasteiger partial charge in [0.1, 0.15) is 24.0 Å². The van der Waals surface area contributed by atoms with Crippen LogP contribution in [0.15, 0.2) is 35.8 Å². The van der Waals surface area contributed by atoms with Crippen LogP contribution in [0.25, 0.3) is 0 Å². The van der Waals surface area contributed by atoms with Gasteiger partial charge in [0.05, 0.1) is 5.70 Å². The van der Waals surface area contributed by atoms with Gasteiger partial charge in [-0.25, -0.2) is 4.98 Å². The molecule has 0 bridgehead atoms. The van der Waals surface area contributed by atoms with Crippen molar-refractivity contribution in [1.82, 2.24) is 29.9 Å². The Morgan fingerprint density at radius 1 is 0.923 bits per heavy atom. The predicted octanol–water partition coefficient (Wildman–Crippen LogP) is -1.82. The first kappa shape index (κ1) is 18.5. The highest BCUT2D eigenvalue weighted by Crippen LogP contribution is 2.33. The maximum Gasteiger partial charge on any atom is 0.324 e. The maximum atomic E-state index is 12.4. The molecule has 3 saturated heterocycles. The number of hydrogen-bond donors (Lipinski definition) is 4. The summed E-state index contributed by atoms with van der Waals surface area (Å²) in [4.78, 5) is 55.7. The Kier molecular flexibility index (Phi) is 5.62. The molecule has 4 N–H and O–H groups in total. The van der Waals surface area contributed by atoms with E-state index in [1.807, 2.05) is 14.7 Å². The first-order valence-corrected chi connectivity index (χ1v) is 9.14. The van der Waals surface area contributed by atoms with Crippen LogP contribution in [0.5, 0.6) is 0 Å². The number of hydrogen-bond acceptors (Lipinski definition) is 10. The molecule has 1 aliphatic carbocycles. The molecule has 3 fully saturated rings. The van der Waals surface area contributed by atoms with Crippen LogP contribution in [0, 0.1) is 0 Å². The van der Waals surface area contributed by atoms with Crippen LogP contribution >= 0.6 is 8.60 Å². The summed E-state index contributed by atoms with van der Waals surface area (Å²) in [5.41, 5.74) is 1.89. The van der Waals surface area contributed by atoms with Crippen LogP contribution in [0.3, 0.4) is 0 Å². The predicted molar refractivity (Wildman–Crippen MR) is 89.8 cm³/mol. The fourth-order valence-corrected chi connectivity index (χ4v) is 2.44. The van der Waals surface area contributed by atoms with Gasteiger partial charge in [0.25, 0.3) is 0 Å². The SMILES string of the molecule is O=C1C=C(N2CC2)C(=O)C(N2CC2)=C1N1CC1.OP(O)O.c1nc[nH]n1. The van der Waals surface area contributed by atoms with Crippen molar-refractivity contribution >= 4 is 20.2 Å². The van der Waals surface area contributed by atoms with Crippen LogP contribution in [-0.2, 0) is 9.59 Å². The second-order valence-corrected chi connectivity index (χ2v) is 6.34. The van der Waals surface area contributed by atoms with E-state index >= 15 is 0 Å². The van der Waals surface area contributed by atoms with Crippen LogP contribution < -0.4 is 0 Å². The van der Waals surface area contributed by atoms with Gasteiger partial charge in [-0.05, 0) is 0 Å². The Morgan fingerprint density at radius 3 is 1.85 bits per heavy atom. The number of allylic oxidation sites excluding steroid dienone is 1. The van der Waals surface area contributed by atoms with E-state index in [0.717, 1.165) is 39.3 Å². The van der Waals surface area contributed by atoms with Crippen LogP contribution in [-0.4, -0.2) is 95.4 Å². The third-order valence-electron chi connectivity index (χ3n) is 3.82. The van der Waals surface area contributed by atoms with Gasteiger partial charge in [0, 0.05) is 45.3 Å². The zero-order valence-electron chi connectivity index (χ0n) is 13.8. The zero-order valence-corrected chi connectivity index (χ0v) is 14.7. The molecular formula is C14H19N6O5P. The number of aromatic amines is 1. The number of carbonyl (C=O) groups is 2. The lowest BCUT2D eigenvalue weighted by atomic mass is 10.0. The van der Waals surface area contributed by atoms with Crippen molar-refractivity contribution < 1.29 is 24.3 Å². The van der Waals surface area contributed by atoms with Crippen LogP contribution in [0.2, 0.25) is 0 Å². The average molecular weight is 382 g/mol. The van der Waals surface area contributed by atoms with Gasteiger partial charge in [0.15, 0.2) is 0 Å². The van der Waals surface area contributed by atoms with Crippen molar-refractivity contribution in [2.75, 3.05) is 39.3 Å². The first-order valence-electron chi connectivity index (χ1n) is 7.94. The number of nitrogens with zero attached hydrogens (tertiary/aromatic N) is 5. The zero-order chi connectivity index (χ0) is 18.7. The summed E-state index contributed by atoms with van der Waals surface area (Å²) in [6, 6.07) is 0. The third kappa shape index (κ3) is 4.85. The van der Waals surface area contributed by atoms with E-state index in [1.54, 1.807) is 0 Å². The Labute approximate surface area is 150 Å². The molecule has 0 amide bonds. The van der Waals surface area contributed by atoms with E-state index in [-0.39, 0.29) is 11.6 Å². The van der Waals surface area contributed by atoms with Gasteiger partial charge in [-0.2, -0.15) is 5.10 Å². The molecule has 0 atom stereocenters. The fraction of sp³-hybridized carbons (Fsp3) is 0.429. The summed E-state index contributed by atoms with van der Waals surface area (Å²) in [6.07, 6.45) is 4.48. The Balaban J connectivity index is 0.000000182. The lowest BCUT2D eigenvalue weighted by molar-refractivity contribution is -0.117. The van der Waals surface area contributed by atoms with Gasteiger partial charge in [-0.15, -0.1) is 0 Å². The maximum absolute atomic E-state index is 12.4. The topological polar surface area (TPSA) is 145 Å². The van der Waals surface area contributed by atoms with Crippen molar-refractivity contribution in [2.45, 2.75) is 0 Å². The summed E-state index contributed by atoms with van der Waals surface area (Å²) in [6.45, 7) is 5.41. The average Bonchev–Trinajstić information content (AvgIpc) is 3.44. The molecule has 3 aliphatic heterocycles. The van der Waals surface area contributed by atoms with Gasteiger partial charge in [-0.3, -0.25) is 14.7 Å². The monoisotopic (exact) mass is 382 g/mol. The number of Topliss-reactive ketones (excluding diaryl/α,β-unsaturated/α-hetero) is 1. The van der Waals surface area contributed by atoms with E-state index < -0.39 is 8.60 Å². The Hall–Kier alpha value is -2.33. The van der Waals surface area contributed by atoms with Crippen molar-refractivity contribution in [3.8, 4) is 0 Å².